The maximum absolute atomic E-state index is 4.02. The van der Waals surface area contributed by atoms with Crippen molar-refractivity contribution in [2.75, 3.05) is 6.54 Å². The van der Waals surface area contributed by atoms with Gasteiger partial charge in [-0.2, -0.15) is 5.10 Å². The van der Waals surface area contributed by atoms with Gasteiger partial charge in [0.05, 0.1) is 6.20 Å². The summed E-state index contributed by atoms with van der Waals surface area (Å²) >= 11 is 0. The average Bonchev–Trinajstić information content (AvgIpc) is 2.76. The molecule has 0 aliphatic rings. The molecule has 0 aliphatic heterocycles. The van der Waals surface area contributed by atoms with Crippen LogP contribution in [0.2, 0.25) is 0 Å². The van der Waals surface area contributed by atoms with Crippen molar-refractivity contribution < 1.29 is 0 Å². The third kappa shape index (κ3) is 3.71. The Bertz CT molecular complexity index is 434. The lowest BCUT2D eigenvalue weighted by Crippen LogP contribution is -2.15. The van der Waals surface area contributed by atoms with Crippen LogP contribution >= 0.6 is 0 Å². The number of rotatable bonds is 6. The van der Waals surface area contributed by atoms with Crippen LogP contribution in [0.25, 0.3) is 0 Å². The molecule has 1 aromatic carbocycles. The molecule has 1 aromatic heterocycles. The van der Waals surface area contributed by atoms with Gasteiger partial charge in [-0.15, -0.1) is 0 Å². The van der Waals surface area contributed by atoms with Crippen molar-refractivity contribution in [1.82, 2.24) is 15.5 Å². The van der Waals surface area contributed by atoms with Gasteiger partial charge in [-0.3, -0.25) is 5.10 Å². The first-order valence-corrected chi connectivity index (χ1v) is 6.10. The van der Waals surface area contributed by atoms with Crippen molar-refractivity contribution in [2.45, 2.75) is 26.3 Å². The highest BCUT2D eigenvalue weighted by atomic mass is 15.1. The number of nitrogens with zero attached hydrogens (tertiary/aromatic N) is 1. The Labute approximate surface area is 102 Å². The molecule has 3 heteroatoms. The highest BCUT2D eigenvalue weighted by molar-refractivity contribution is 5.15. The van der Waals surface area contributed by atoms with Crippen molar-refractivity contribution >= 4 is 0 Å². The van der Waals surface area contributed by atoms with Crippen LogP contribution in [0.15, 0.2) is 36.5 Å². The van der Waals surface area contributed by atoms with Gasteiger partial charge in [0.25, 0.3) is 0 Å². The molecule has 0 amide bonds. The molecule has 0 saturated heterocycles. The van der Waals surface area contributed by atoms with E-state index in [1.165, 1.54) is 16.8 Å². The fourth-order valence-corrected chi connectivity index (χ4v) is 1.86. The minimum absolute atomic E-state index is 0.950. The highest BCUT2D eigenvalue weighted by Crippen LogP contribution is 2.05. The molecule has 2 rings (SSSR count). The van der Waals surface area contributed by atoms with Crippen LogP contribution in [0, 0.1) is 6.92 Å². The molecular weight excluding hydrogens is 210 g/mol. The molecular formula is C14H19N3. The van der Waals surface area contributed by atoms with E-state index in [4.69, 9.17) is 0 Å². The van der Waals surface area contributed by atoms with Gasteiger partial charge in [-0.25, -0.2) is 0 Å². The van der Waals surface area contributed by atoms with Crippen molar-refractivity contribution in [3.05, 3.63) is 53.3 Å². The Morgan fingerprint density at radius 2 is 2.06 bits per heavy atom. The Balaban J connectivity index is 1.63. The Hall–Kier alpha value is -1.61. The number of aryl methyl sites for hydroxylation is 2. The van der Waals surface area contributed by atoms with Crippen LogP contribution in [-0.2, 0) is 13.0 Å². The summed E-state index contributed by atoms with van der Waals surface area (Å²) < 4.78 is 0. The fourth-order valence-electron chi connectivity index (χ4n) is 1.86. The van der Waals surface area contributed by atoms with E-state index < -0.39 is 0 Å². The fraction of sp³-hybridized carbons (Fsp3) is 0.357. The van der Waals surface area contributed by atoms with Crippen LogP contribution in [0.4, 0.5) is 0 Å². The maximum atomic E-state index is 4.02. The lowest BCUT2D eigenvalue weighted by molar-refractivity contribution is 0.649. The third-order valence-electron chi connectivity index (χ3n) is 2.91. The minimum Gasteiger partial charge on any atom is -0.313 e. The lowest BCUT2D eigenvalue weighted by atomic mass is 10.1. The Morgan fingerprint density at radius 3 is 2.76 bits per heavy atom. The van der Waals surface area contributed by atoms with Gasteiger partial charge in [-0.1, -0.05) is 30.3 Å². The monoisotopic (exact) mass is 229 g/mol. The molecule has 0 aliphatic carbocycles. The Morgan fingerprint density at radius 1 is 1.24 bits per heavy atom. The van der Waals surface area contributed by atoms with E-state index in [0.717, 1.165) is 25.9 Å². The molecule has 0 unspecified atom stereocenters. The molecule has 0 atom stereocenters. The number of aromatic amines is 1. The molecule has 3 nitrogen and oxygen atoms in total. The summed E-state index contributed by atoms with van der Waals surface area (Å²) in [6.07, 6.45) is 4.16. The number of hydrogen-bond donors (Lipinski definition) is 2. The number of hydrogen-bond acceptors (Lipinski definition) is 2. The van der Waals surface area contributed by atoms with Gasteiger partial charge in [0, 0.05) is 12.2 Å². The van der Waals surface area contributed by atoms with Gasteiger partial charge >= 0.3 is 0 Å². The molecule has 17 heavy (non-hydrogen) atoms. The molecule has 1 heterocycles. The number of nitrogens with one attached hydrogen (secondary N) is 2. The van der Waals surface area contributed by atoms with E-state index in [0.29, 0.717) is 0 Å². The predicted molar refractivity (Wildman–Crippen MR) is 69.8 cm³/mol. The second-order valence-electron chi connectivity index (χ2n) is 4.29. The standard InChI is InChI=1S/C14H19N3/c1-12-14(11-16-17-12)8-5-9-15-10-13-6-3-2-4-7-13/h2-4,6-7,11,15H,5,8-10H2,1H3,(H,16,17). The van der Waals surface area contributed by atoms with Crippen molar-refractivity contribution in [2.24, 2.45) is 0 Å². The zero-order valence-electron chi connectivity index (χ0n) is 10.2. The van der Waals surface area contributed by atoms with Crippen LogP contribution in [-0.4, -0.2) is 16.7 Å². The van der Waals surface area contributed by atoms with E-state index in [9.17, 15) is 0 Å². The van der Waals surface area contributed by atoms with Crippen LogP contribution in [0.3, 0.4) is 0 Å². The smallest absolute Gasteiger partial charge is 0.0522 e. The molecule has 0 radical (unpaired) electrons. The van der Waals surface area contributed by atoms with Crippen LogP contribution < -0.4 is 5.32 Å². The predicted octanol–water partition coefficient (Wildman–Crippen LogP) is 2.44. The first-order chi connectivity index (χ1) is 8.36. The molecule has 0 spiro atoms. The molecule has 0 saturated carbocycles. The van der Waals surface area contributed by atoms with E-state index in [-0.39, 0.29) is 0 Å². The number of benzene rings is 1. The van der Waals surface area contributed by atoms with Crippen molar-refractivity contribution in [3.8, 4) is 0 Å². The first kappa shape index (κ1) is 11.9. The van der Waals surface area contributed by atoms with E-state index >= 15 is 0 Å². The van der Waals surface area contributed by atoms with Gasteiger partial charge in [0.15, 0.2) is 0 Å². The molecule has 2 N–H and O–H groups in total. The van der Waals surface area contributed by atoms with Gasteiger partial charge < -0.3 is 5.32 Å². The molecule has 2 aromatic rings. The van der Waals surface area contributed by atoms with Crippen molar-refractivity contribution in [3.63, 3.8) is 0 Å². The van der Waals surface area contributed by atoms with Crippen LogP contribution in [0.5, 0.6) is 0 Å². The maximum Gasteiger partial charge on any atom is 0.0522 e. The SMILES string of the molecule is Cc1[nH]ncc1CCCNCc1ccccc1. The second kappa shape index (κ2) is 6.21. The zero-order valence-corrected chi connectivity index (χ0v) is 10.2. The zero-order chi connectivity index (χ0) is 11.9. The topological polar surface area (TPSA) is 40.7 Å². The molecule has 0 fully saturated rings. The summed E-state index contributed by atoms with van der Waals surface area (Å²) in [5.74, 6) is 0. The van der Waals surface area contributed by atoms with E-state index in [2.05, 4.69) is 46.7 Å². The summed E-state index contributed by atoms with van der Waals surface area (Å²) in [5, 5.41) is 10.4. The van der Waals surface area contributed by atoms with Gasteiger partial charge in [0.1, 0.15) is 0 Å². The first-order valence-electron chi connectivity index (χ1n) is 6.10. The third-order valence-corrected chi connectivity index (χ3v) is 2.91. The van der Waals surface area contributed by atoms with E-state index in [1.807, 2.05) is 12.3 Å². The normalized spacial score (nSPS) is 10.6. The Kier molecular flexibility index (Phi) is 4.33. The second-order valence-corrected chi connectivity index (χ2v) is 4.29. The molecule has 90 valence electrons. The summed E-state index contributed by atoms with van der Waals surface area (Å²) in [7, 11) is 0. The summed E-state index contributed by atoms with van der Waals surface area (Å²) in [4.78, 5) is 0. The lowest BCUT2D eigenvalue weighted by Gasteiger charge is -2.04. The summed E-state index contributed by atoms with van der Waals surface area (Å²) in [6.45, 7) is 4.06. The quantitative estimate of drug-likeness (QED) is 0.747. The summed E-state index contributed by atoms with van der Waals surface area (Å²) in [6, 6.07) is 10.5. The highest BCUT2D eigenvalue weighted by Gasteiger charge is 1.99. The van der Waals surface area contributed by atoms with Gasteiger partial charge in [-0.05, 0) is 37.4 Å². The van der Waals surface area contributed by atoms with Gasteiger partial charge in [0.2, 0.25) is 0 Å². The molecule has 0 bridgehead atoms. The average molecular weight is 229 g/mol. The largest absolute Gasteiger partial charge is 0.313 e. The minimum atomic E-state index is 0.950. The van der Waals surface area contributed by atoms with Crippen molar-refractivity contribution in [1.29, 1.82) is 0 Å². The summed E-state index contributed by atoms with van der Waals surface area (Å²) in [5.41, 5.74) is 3.85. The van der Waals surface area contributed by atoms with Crippen LogP contribution in [0.1, 0.15) is 23.2 Å². The number of H-pyrrole nitrogens is 1. The number of aromatic nitrogens is 2. The van der Waals surface area contributed by atoms with E-state index in [1.54, 1.807) is 0 Å².